The molecule has 0 atom stereocenters. The average molecular weight is 423 g/mol. The Bertz CT molecular complexity index is 1230. The lowest BCUT2D eigenvalue weighted by Crippen LogP contribution is -2.20. The SMILES string of the molecule is CN(C)C(=O)c1ccc(C(N)=C(C=N)c2ccc3ncc(-c4nccs4)n3c2)s1. The molecular weight excluding hydrogens is 404 g/mol. The van der Waals surface area contributed by atoms with Crippen molar-refractivity contribution < 1.29 is 4.79 Å². The Kier molecular flexibility index (Phi) is 4.99. The van der Waals surface area contributed by atoms with Crippen molar-refractivity contribution in [2.24, 2.45) is 5.73 Å². The summed E-state index contributed by atoms with van der Waals surface area (Å²) in [6.45, 7) is 0. The molecule has 0 aliphatic carbocycles. The number of pyridine rings is 1. The van der Waals surface area contributed by atoms with Gasteiger partial charge in [0, 0.05) is 49.2 Å². The number of aromatic nitrogens is 3. The maximum atomic E-state index is 12.2. The molecule has 7 nitrogen and oxygen atoms in total. The van der Waals surface area contributed by atoms with Crippen LogP contribution < -0.4 is 5.73 Å². The van der Waals surface area contributed by atoms with Gasteiger partial charge in [0.05, 0.1) is 21.6 Å². The number of fused-ring (bicyclic) bond motifs is 1. The summed E-state index contributed by atoms with van der Waals surface area (Å²) in [5, 5.41) is 10.7. The predicted octanol–water partition coefficient (Wildman–Crippen LogP) is 3.70. The number of nitrogens with two attached hydrogens (primary N) is 1. The van der Waals surface area contributed by atoms with E-state index in [2.05, 4.69) is 9.97 Å². The lowest BCUT2D eigenvalue weighted by atomic mass is 10.1. The van der Waals surface area contributed by atoms with Crippen LogP contribution in [0.15, 0.2) is 48.2 Å². The molecule has 0 radical (unpaired) electrons. The van der Waals surface area contributed by atoms with Gasteiger partial charge in [0.15, 0.2) is 0 Å². The first kappa shape index (κ1) is 19.0. The Morgan fingerprint density at radius 2 is 2.00 bits per heavy atom. The number of allylic oxidation sites excluding steroid dienone is 1. The largest absolute Gasteiger partial charge is 0.397 e. The molecule has 0 aliphatic rings. The van der Waals surface area contributed by atoms with E-state index in [4.69, 9.17) is 11.1 Å². The Labute approximate surface area is 175 Å². The van der Waals surface area contributed by atoms with E-state index < -0.39 is 0 Å². The van der Waals surface area contributed by atoms with E-state index in [-0.39, 0.29) is 5.91 Å². The van der Waals surface area contributed by atoms with E-state index in [0.29, 0.717) is 16.1 Å². The molecule has 3 N–H and O–H groups in total. The number of rotatable bonds is 5. The van der Waals surface area contributed by atoms with E-state index in [0.717, 1.165) is 26.8 Å². The Morgan fingerprint density at radius 3 is 2.69 bits per heavy atom. The molecule has 0 saturated carbocycles. The highest BCUT2D eigenvalue weighted by Crippen LogP contribution is 2.29. The highest BCUT2D eigenvalue weighted by atomic mass is 32.1. The van der Waals surface area contributed by atoms with Crippen LogP contribution in [0.25, 0.3) is 27.6 Å². The zero-order valence-corrected chi connectivity index (χ0v) is 17.4. The van der Waals surface area contributed by atoms with E-state index >= 15 is 0 Å². The van der Waals surface area contributed by atoms with Gasteiger partial charge in [0.25, 0.3) is 5.91 Å². The fourth-order valence-corrected chi connectivity index (χ4v) is 4.56. The molecule has 0 spiro atoms. The zero-order valence-electron chi connectivity index (χ0n) is 15.8. The number of carbonyl (C=O) groups is 1. The fourth-order valence-electron chi connectivity index (χ4n) is 2.92. The Balaban J connectivity index is 1.79. The van der Waals surface area contributed by atoms with Crippen molar-refractivity contribution in [1.29, 1.82) is 5.41 Å². The summed E-state index contributed by atoms with van der Waals surface area (Å²) in [6.07, 6.45) is 6.69. The molecule has 9 heteroatoms. The normalized spacial score (nSPS) is 12.1. The van der Waals surface area contributed by atoms with Gasteiger partial charge in [0.1, 0.15) is 16.3 Å². The molecule has 4 rings (SSSR count). The summed E-state index contributed by atoms with van der Waals surface area (Å²) in [5.41, 5.74) is 9.90. The number of thiazole rings is 1. The summed E-state index contributed by atoms with van der Waals surface area (Å²) < 4.78 is 1.94. The Morgan fingerprint density at radius 1 is 1.21 bits per heavy atom. The minimum Gasteiger partial charge on any atom is -0.397 e. The van der Waals surface area contributed by atoms with Crippen LogP contribution in [0.1, 0.15) is 20.1 Å². The first-order chi connectivity index (χ1) is 14.0. The van der Waals surface area contributed by atoms with Crippen LogP contribution in [0.5, 0.6) is 0 Å². The third-order valence-electron chi connectivity index (χ3n) is 4.39. The van der Waals surface area contributed by atoms with Gasteiger partial charge in [-0.05, 0) is 24.3 Å². The number of hydrogen-bond donors (Lipinski definition) is 2. The molecule has 0 unspecified atom stereocenters. The predicted molar refractivity (Wildman–Crippen MR) is 118 cm³/mol. The first-order valence-corrected chi connectivity index (χ1v) is 10.4. The summed E-state index contributed by atoms with van der Waals surface area (Å²) in [7, 11) is 3.43. The summed E-state index contributed by atoms with van der Waals surface area (Å²) in [4.78, 5) is 23.8. The van der Waals surface area contributed by atoms with Gasteiger partial charge in [-0.3, -0.25) is 9.20 Å². The second kappa shape index (κ2) is 7.61. The van der Waals surface area contributed by atoms with E-state index in [1.165, 1.54) is 33.8 Å². The highest BCUT2D eigenvalue weighted by molar-refractivity contribution is 7.15. The molecule has 29 heavy (non-hydrogen) atoms. The van der Waals surface area contributed by atoms with Crippen LogP contribution in [-0.4, -0.2) is 45.5 Å². The molecule has 4 aromatic heterocycles. The monoisotopic (exact) mass is 422 g/mol. The highest BCUT2D eigenvalue weighted by Gasteiger charge is 2.16. The van der Waals surface area contributed by atoms with Crippen LogP contribution in [0.2, 0.25) is 0 Å². The third-order valence-corrected chi connectivity index (χ3v) is 6.29. The molecule has 4 aromatic rings. The Hall–Kier alpha value is -3.30. The van der Waals surface area contributed by atoms with E-state index in [1.54, 1.807) is 32.6 Å². The second-order valence-electron chi connectivity index (χ2n) is 6.46. The molecule has 0 aliphatic heterocycles. The fraction of sp³-hybridized carbons (Fsp3) is 0.100. The van der Waals surface area contributed by atoms with Crippen molar-refractivity contribution in [2.45, 2.75) is 0 Å². The van der Waals surface area contributed by atoms with Crippen LogP contribution >= 0.6 is 22.7 Å². The van der Waals surface area contributed by atoms with Crippen molar-refractivity contribution in [2.75, 3.05) is 14.1 Å². The number of hydrogen-bond acceptors (Lipinski definition) is 7. The van der Waals surface area contributed by atoms with Gasteiger partial charge < -0.3 is 16.0 Å². The van der Waals surface area contributed by atoms with Crippen LogP contribution in [-0.2, 0) is 0 Å². The van der Waals surface area contributed by atoms with E-state index in [9.17, 15) is 4.79 Å². The van der Waals surface area contributed by atoms with E-state index in [1.807, 2.05) is 34.2 Å². The second-order valence-corrected chi connectivity index (χ2v) is 8.44. The molecule has 0 fully saturated rings. The van der Waals surface area contributed by atoms with Crippen molar-refractivity contribution in [3.05, 3.63) is 63.6 Å². The van der Waals surface area contributed by atoms with Crippen LogP contribution in [0.4, 0.5) is 0 Å². The molecule has 146 valence electrons. The minimum atomic E-state index is -0.0709. The zero-order chi connectivity index (χ0) is 20.5. The molecule has 1 amide bonds. The maximum Gasteiger partial charge on any atom is 0.263 e. The van der Waals surface area contributed by atoms with Crippen LogP contribution in [0, 0.1) is 5.41 Å². The topological polar surface area (TPSA) is 100 Å². The first-order valence-electron chi connectivity index (χ1n) is 8.69. The van der Waals surface area contributed by atoms with Gasteiger partial charge >= 0.3 is 0 Å². The number of amides is 1. The lowest BCUT2D eigenvalue weighted by molar-refractivity contribution is 0.0832. The summed E-state index contributed by atoms with van der Waals surface area (Å²) in [5.74, 6) is -0.0709. The van der Waals surface area contributed by atoms with Gasteiger partial charge in [-0.15, -0.1) is 22.7 Å². The van der Waals surface area contributed by atoms with Gasteiger partial charge in [-0.1, -0.05) is 0 Å². The standard InChI is InChI=1S/C20H18N6OS2/c1-25(2)20(27)16-5-4-15(29-16)18(22)13(9-21)12-3-6-17-24-10-14(26(17)11-12)19-23-7-8-28-19/h3-11,21H,22H2,1-2H3. The number of nitrogens with zero attached hydrogens (tertiary/aromatic N) is 4. The number of thiophene rings is 1. The smallest absolute Gasteiger partial charge is 0.263 e. The molecule has 0 saturated heterocycles. The third kappa shape index (κ3) is 3.45. The van der Waals surface area contributed by atoms with Crippen LogP contribution in [0.3, 0.4) is 0 Å². The molecular formula is C20H18N6OS2. The minimum absolute atomic E-state index is 0.0709. The van der Waals surface area contributed by atoms with Gasteiger partial charge in [-0.25, -0.2) is 9.97 Å². The van der Waals surface area contributed by atoms with Crippen molar-refractivity contribution >= 4 is 51.7 Å². The molecule has 0 bridgehead atoms. The maximum absolute atomic E-state index is 12.2. The molecule has 0 aromatic carbocycles. The molecule has 4 heterocycles. The lowest BCUT2D eigenvalue weighted by Gasteiger charge is -2.09. The van der Waals surface area contributed by atoms with Crippen molar-refractivity contribution in [1.82, 2.24) is 19.3 Å². The summed E-state index contributed by atoms with van der Waals surface area (Å²) >= 11 is 2.86. The van der Waals surface area contributed by atoms with Gasteiger partial charge in [0.2, 0.25) is 0 Å². The van der Waals surface area contributed by atoms with Crippen molar-refractivity contribution in [3.63, 3.8) is 0 Å². The average Bonchev–Trinajstić information content (AvgIpc) is 3.46. The number of carbonyl (C=O) groups excluding carboxylic acids is 1. The number of imidazole rings is 1. The van der Waals surface area contributed by atoms with Crippen molar-refractivity contribution in [3.8, 4) is 10.7 Å². The summed E-state index contributed by atoms with van der Waals surface area (Å²) in [6, 6.07) is 7.35. The number of nitrogens with one attached hydrogen (secondary N) is 1. The van der Waals surface area contributed by atoms with Gasteiger partial charge in [-0.2, -0.15) is 0 Å². The quantitative estimate of drug-likeness (QED) is 0.479.